The Morgan fingerprint density at radius 2 is 1.62 bits per heavy atom. The van der Waals surface area contributed by atoms with Gasteiger partial charge in [-0.05, 0) is 18.2 Å². The number of thiol groups is 1. The predicted molar refractivity (Wildman–Crippen MR) is 160 cm³/mol. The van der Waals surface area contributed by atoms with Crippen molar-refractivity contribution >= 4 is 71.5 Å². The molecule has 5 N–H and O–H groups in total. The van der Waals surface area contributed by atoms with E-state index in [0.717, 1.165) is 0 Å². The average molecular weight is 701 g/mol. The van der Waals surface area contributed by atoms with Crippen LogP contribution in [-0.2, 0) is 48.7 Å². The van der Waals surface area contributed by atoms with Crippen LogP contribution in [0.2, 0.25) is 0 Å². The highest BCUT2D eigenvalue weighted by Gasteiger charge is 2.65. The SMILES string of the molecule is Nc1ncnc2c1ncn2[C@@H]1O[C@@]23CO[C@@H]1[C@@H]2OP(O)(=S)OCC[C@@H]1C[C@@H](OP(=O)(S)OC3)[C@H](n2cnc3c(N)ncnc32)O1. The molecule has 0 radical (unpaired) electrons. The number of nitrogens with two attached hydrogens (primary N) is 2. The van der Waals surface area contributed by atoms with E-state index >= 15 is 0 Å². The van der Waals surface area contributed by atoms with Gasteiger partial charge >= 0.3 is 13.5 Å². The minimum atomic E-state index is -4.10. The van der Waals surface area contributed by atoms with Crippen molar-refractivity contribution in [3.05, 3.63) is 25.3 Å². The Labute approximate surface area is 263 Å². The number of ether oxygens (including phenoxy) is 3. The molecule has 4 saturated heterocycles. The Hall–Kier alpha value is -2.39. The molecule has 0 amide bonds. The van der Waals surface area contributed by atoms with Crippen LogP contribution < -0.4 is 11.5 Å². The minimum absolute atomic E-state index is 0.00933. The second-order valence-electron chi connectivity index (χ2n) is 10.9. The fourth-order valence-corrected chi connectivity index (χ4v) is 9.10. The van der Waals surface area contributed by atoms with Crippen LogP contribution in [-0.4, -0.2) is 93.8 Å². The summed E-state index contributed by atoms with van der Waals surface area (Å²) in [4.78, 5) is 36.3. The molecule has 0 aliphatic carbocycles. The lowest BCUT2D eigenvalue weighted by atomic mass is 10.0. The third-order valence-corrected chi connectivity index (χ3v) is 11.3. The van der Waals surface area contributed by atoms with E-state index in [9.17, 15) is 9.46 Å². The molecule has 240 valence electrons. The van der Waals surface area contributed by atoms with Crippen molar-refractivity contribution in [2.24, 2.45) is 0 Å². The second-order valence-corrected chi connectivity index (χ2v) is 16.6. The summed E-state index contributed by atoms with van der Waals surface area (Å²) in [6.07, 6.45) is 1.33. The summed E-state index contributed by atoms with van der Waals surface area (Å²) in [5.41, 5.74) is 12.0. The summed E-state index contributed by atoms with van der Waals surface area (Å²) in [5, 5.41) is 0. The highest BCUT2D eigenvalue weighted by molar-refractivity contribution is 8.44. The van der Waals surface area contributed by atoms with E-state index in [1.807, 2.05) is 0 Å². The Bertz CT molecular complexity index is 1900. The van der Waals surface area contributed by atoms with E-state index in [1.54, 1.807) is 9.13 Å². The van der Waals surface area contributed by atoms with E-state index in [4.69, 9.17) is 55.6 Å². The van der Waals surface area contributed by atoms with Crippen LogP contribution in [0.5, 0.6) is 0 Å². The fraction of sp³-hybridized carbons (Fsp3) is 0.545. The Kier molecular flexibility index (Phi) is 7.21. The minimum Gasteiger partial charge on any atom is -0.382 e. The van der Waals surface area contributed by atoms with Gasteiger partial charge in [-0.3, -0.25) is 22.7 Å². The molecule has 45 heavy (non-hydrogen) atoms. The first-order chi connectivity index (χ1) is 21.5. The van der Waals surface area contributed by atoms with Crippen LogP contribution >= 0.6 is 25.8 Å². The van der Waals surface area contributed by atoms with Crippen molar-refractivity contribution in [1.29, 1.82) is 0 Å². The van der Waals surface area contributed by atoms with Crippen LogP contribution in [0.4, 0.5) is 11.6 Å². The number of imidazole rings is 2. The largest absolute Gasteiger partial charge is 0.386 e. The molecule has 19 nitrogen and oxygen atoms in total. The molecule has 0 aromatic carbocycles. The molecule has 9 atom stereocenters. The third kappa shape index (κ3) is 5.15. The fourth-order valence-electron chi connectivity index (χ4n) is 6.10. The van der Waals surface area contributed by atoms with Crippen LogP contribution in [0.1, 0.15) is 25.3 Å². The summed E-state index contributed by atoms with van der Waals surface area (Å²) in [5.74, 6) is 0.373. The van der Waals surface area contributed by atoms with Gasteiger partial charge in [-0.25, -0.2) is 34.5 Å². The molecule has 8 heterocycles. The summed E-state index contributed by atoms with van der Waals surface area (Å²) in [6.45, 7) is -8.39. The van der Waals surface area contributed by atoms with E-state index in [0.29, 0.717) is 22.3 Å². The first kappa shape index (κ1) is 30.0. The first-order valence-corrected chi connectivity index (χ1v) is 18.9. The summed E-state index contributed by atoms with van der Waals surface area (Å²) in [7, 11) is 0. The van der Waals surface area contributed by atoms with E-state index < -0.39 is 56.0 Å². The Morgan fingerprint density at radius 3 is 2.31 bits per heavy atom. The highest BCUT2D eigenvalue weighted by Crippen LogP contribution is 2.60. The zero-order valence-corrected chi connectivity index (χ0v) is 26.5. The van der Waals surface area contributed by atoms with Crippen LogP contribution in [0.15, 0.2) is 25.3 Å². The van der Waals surface area contributed by atoms with Crippen LogP contribution in [0.3, 0.4) is 0 Å². The van der Waals surface area contributed by atoms with Crippen molar-refractivity contribution in [3.8, 4) is 0 Å². The molecule has 4 aliphatic rings. The quantitative estimate of drug-likeness (QED) is 0.170. The lowest BCUT2D eigenvalue weighted by molar-refractivity contribution is -0.182. The normalized spacial score (nSPS) is 38.9. The van der Waals surface area contributed by atoms with Gasteiger partial charge in [0, 0.05) is 6.42 Å². The molecule has 8 rings (SSSR count). The van der Waals surface area contributed by atoms with Gasteiger partial charge in [-0.15, -0.1) is 0 Å². The van der Waals surface area contributed by atoms with E-state index in [2.05, 4.69) is 42.2 Å². The van der Waals surface area contributed by atoms with Gasteiger partial charge in [0.25, 0.3) is 0 Å². The molecule has 4 aromatic rings. The van der Waals surface area contributed by atoms with Crippen LogP contribution in [0.25, 0.3) is 22.3 Å². The summed E-state index contributed by atoms with van der Waals surface area (Å²) in [6, 6.07) is 0. The predicted octanol–water partition coefficient (Wildman–Crippen LogP) is 1.25. The monoisotopic (exact) mass is 700 g/mol. The number of anilines is 2. The second kappa shape index (κ2) is 10.8. The Balaban J connectivity index is 1.12. The lowest BCUT2D eigenvalue weighted by Crippen LogP contribution is -2.45. The van der Waals surface area contributed by atoms with E-state index in [-0.39, 0.29) is 44.3 Å². The van der Waals surface area contributed by atoms with E-state index in [1.165, 1.54) is 25.3 Å². The zero-order valence-electron chi connectivity index (χ0n) is 23.0. The van der Waals surface area contributed by atoms with Gasteiger partial charge in [0.15, 0.2) is 35.4 Å². The number of hydrogen-bond donors (Lipinski definition) is 4. The zero-order chi connectivity index (χ0) is 31.1. The molecule has 4 aliphatic heterocycles. The topological polar surface area (TPSA) is 241 Å². The molecule has 4 fully saturated rings. The summed E-state index contributed by atoms with van der Waals surface area (Å²) >= 11 is 9.69. The van der Waals surface area contributed by atoms with Crippen molar-refractivity contribution in [2.75, 3.05) is 31.3 Å². The molecule has 23 heteroatoms. The van der Waals surface area contributed by atoms with Crippen LogP contribution in [0, 0.1) is 0 Å². The number of nitrogen functional groups attached to an aromatic ring is 2. The van der Waals surface area contributed by atoms with Crippen molar-refractivity contribution < 1.29 is 41.8 Å². The maximum absolute atomic E-state index is 13.8. The van der Waals surface area contributed by atoms with Gasteiger partial charge in [-0.2, -0.15) is 0 Å². The van der Waals surface area contributed by atoms with Crippen molar-refractivity contribution in [2.45, 2.75) is 55.3 Å². The smallest absolute Gasteiger partial charge is 0.382 e. The van der Waals surface area contributed by atoms with Gasteiger partial charge in [-0.1, -0.05) is 12.2 Å². The molecule has 4 bridgehead atoms. The average Bonchev–Trinajstić information content (AvgIpc) is 3.80. The number of hydrogen-bond acceptors (Lipinski definition) is 17. The molecular weight excluding hydrogens is 674 g/mol. The highest BCUT2D eigenvalue weighted by atomic mass is 32.7. The number of aromatic nitrogens is 8. The lowest BCUT2D eigenvalue weighted by Gasteiger charge is -2.33. The van der Waals surface area contributed by atoms with Gasteiger partial charge < -0.3 is 35.1 Å². The third-order valence-electron chi connectivity index (χ3n) is 8.12. The number of nitrogens with zero attached hydrogens (tertiary/aromatic N) is 8. The van der Waals surface area contributed by atoms with Gasteiger partial charge in [0.05, 0.1) is 38.6 Å². The maximum atomic E-state index is 13.8. The van der Waals surface area contributed by atoms with Crippen molar-refractivity contribution in [3.63, 3.8) is 0 Å². The molecule has 0 spiro atoms. The molecule has 2 unspecified atom stereocenters. The van der Waals surface area contributed by atoms with Gasteiger partial charge in [0.1, 0.15) is 47.6 Å². The Morgan fingerprint density at radius 1 is 0.956 bits per heavy atom. The molecule has 0 saturated carbocycles. The van der Waals surface area contributed by atoms with Gasteiger partial charge in [0.2, 0.25) is 0 Å². The van der Waals surface area contributed by atoms with Crippen molar-refractivity contribution in [1.82, 2.24) is 39.0 Å². The standard InChI is InChI=1S/C22H26N10O9P2S2/c23-16-12-18(27-6-25-16)31(8-29-12)20-11-3-10(38-20)1-2-36-42(33,44)41-15-14-21(32-9-30-13-17(24)26-7-28-19(13)32)39-22(15,4-35-14)5-37-43(34,45)40-11/h6-11,14-15,20-21H,1-5H2,(H,33,44)(H,34,45)(H2,23,25,27)(H2,24,26,28)/t10-,11-,14-,15+,20-,21-,22-,42?,43?/m1/s1. The first-order valence-electron chi connectivity index (χ1n) is 13.6. The molecule has 4 aromatic heterocycles. The number of fused-ring (bicyclic) bond motifs is 4. The maximum Gasteiger partial charge on any atom is 0.386 e. The summed E-state index contributed by atoms with van der Waals surface area (Å²) < 4.78 is 59.4. The molecular formula is C22H26N10O9P2S2. The number of rotatable bonds is 2.